The molecule has 1 aromatic heterocycles. The Balaban J connectivity index is 2.04. The van der Waals surface area contributed by atoms with Gasteiger partial charge in [0.15, 0.2) is 0 Å². The van der Waals surface area contributed by atoms with Crippen molar-refractivity contribution in [2.45, 2.75) is 31.7 Å². The molecule has 0 saturated carbocycles. The number of rotatable bonds is 4. The first-order chi connectivity index (χ1) is 11.3. The molecule has 2 N–H and O–H groups in total. The van der Waals surface area contributed by atoms with Crippen LogP contribution in [0.2, 0.25) is 0 Å². The van der Waals surface area contributed by atoms with E-state index in [9.17, 15) is 8.42 Å². The molecular weight excluding hydrogens is 328 g/mol. The van der Waals surface area contributed by atoms with Gasteiger partial charge in [-0.15, -0.1) is 0 Å². The van der Waals surface area contributed by atoms with E-state index < -0.39 is 10.0 Å². The van der Waals surface area contributed by atoms with Gasteiger partial charge in [-0.2, -0.15) is 5.10 Å². The molecule has 7 nitrogen and oxygen atoms in total. The molecule has 0 spiro atoms. The first-order valence-corrected chi connectivity index (χ1v) is 9.25. The van der Waals surface area contributed by atoms with Crippen molar-refractivity contribution in [1.82, 2.24) is 15.1 Å². The number of aryl methyl sites for hydroxylation is 3. The van der Waals surface area contributed by atoms with E-state index >= 15 is 0 Å². The molecular formula is C16H22N4O3S. The minimum atomic E-state index is -3.78. The Kier molecular flexibility index (Phi) is 4.27. The molecule has 0 fully saturated rings. The van der Waals surface area contributed by atoms with Crippen molar-refractivity contribution in [3.63, 3.8) is 0 Å². The summed E-state index contributed by atoms with van der Waals surface area (Å²) in [7, 11) is -0.570. The molecule has 0 amide bonds. The van der Waals surface area contributed by atoms with Crippen LogP contribution in [0.25, 0.3) is 0 Å². The van der Waals surface area contributed by atoms with E-state index in [0.717, 1.165) is 35.3 Å². The Hall–Kier alpha value is -2.06. The number of hydrogen-bond donors (Lipinski definition) is 2. The topological polar surface area (TPSA) is 85.2 Å². The highest BCUT2D eigenvalue weighted by molar-refractivity contribution is 7.92. The third-order valence-electron chi connectivity index (χ3n) is 4.37. The molecule has 1 aliphatic rings. The second-order valence-electron chi connectivity index (χ2n) is 6.02. The molecule has 0 saturated heterocycles. The molecule has 0 unspecified atom stereocenters. The summed E-state index contributed by atoms with van der Waals surface area (Å²) in [5.74, 6) is 0.831. The Morgan fingerprint density at radius 3 is 2.71 bits per heavy atom. The van der Waals surface area contributed by atoms with Gasteiger partial charge in [0, 0.05) is 32.1 Å². The Morgan fingerprint density at radius 2 is 2.00 bits per heavy atom. The van der Waals surface area contributed by atoms with E-state index in [1.807, 2.05) is 13.8 Å². The van der Waals surface area contributed by atoms with Crippen LogP contribution in [-0.4, -0.2) is 31.9 Å². The molecule has 2 heterocycles. The van der Waals surface area contributed by atoms with E-state index in [4.69, 9.17) is 4.74 Å². The zero-order chi connectivity index (χ0) is 17.5. The number of ether oxygens (including phenoxy) is 1. The lowest BCUT2D eigenvalue weighted by Gasteiger charge is -2.16. The van der Waals surface area contributed by atoms with Crippen molar-refractivity contribution in [3.05, 3.63) is 34.5 Å². The van der Waals surface area contributed by atoms with Crippen molar-refractivity contribution >= 4 is 15.8 Å². The zero-order valence-electron chi connectivity index (χ0n) is 14.3. The predicted molar refractivity (Wildman–Crippen MR) is 91.9 cm³/mol. The SMILES string of the molecule is COc1cc(C)c(C)cc1S(=O)(=O)Nc1c2c(nn1C)CCNC2. The first kappa shape index (κ1) is 16.8. The number of fused-ring (bicyclic) bond motifs is 1. The molecule has 24 heavy (non-hydrogen) atoms. The number of methoxy groups -OCH3 is 1. The maximum Gasteiger partial charge on any atom is 0.266 e. The quantitative estimate of drug-likeness (QED) is 0.873. The van der Waals surface area contributed by atoms with E-state index in [-0.39, 0.29) is 4.90 Å². The maximum absolute atomic E-state index is 12.9. The van der Waals surface area contributed by atoms with Crippen LogP contribution in [0.5, 0.6) is 5.75 Å². The average molecular weight is 350 g/mol. The van der Waals surface area contributed by atoms with E-state index in [2.05, 4.69) is 15.1 Å². The van der Waals surface area contributed by atoms with Crippen molar-refractivity contribution in [2.75, 3.05) is 18.4 Å². The highest BCUT2D eigenvalue weighted by Crippen LogP contribution is 2.30. The van der Waals surface area contributed by atoms with Crippen LogP contribution in [0.15, 0.2) is 17.0 Å². The third-order valence-corrected chi connectivity index (χ3v) is 5.73. The fourth-order valence-corrected chi connectivity index (χ4v) is 4.23. The van der Waals surface area contributed by atoms with Gasteiger partial charge >= 0.3 is 0 Å². The molecule has 2 aromatic rings. The van der Waals surface area contributed by atoms with Crippen LogP contribution in [-0.2, 0) is 30.0 Å². The molecule has 1 aliphatic heterocycles. The lowest BCUT2D eigenvalue weighted by Crippen LogP contribution is -2.24. The number of benzene rings is 1. The second-order valence-corrected chi connectivity index (χ2v) is 7.67. The number of nitrogens with one attached hydrogen (secondary N) is 2. The van der Waals surface area contributed by atoms with Crippen molar-refractivity contribution in [2.24, 2.45) is 7.05 Å². The minimum absolute atomic E-state index is 0.131. The zero-order valence-corrected chi connectivity index (χ0v) is 15.1. The van der Waals surface area contributed by atoms with Gasteiger partial charge in [0.25, 0.3) is 10.0 Å². The molecule has 0 radical (unpaired) electrons. The normalized spacial score (nSPS) is 14.3. The standard InChI is InChI=1S/C16H22N4O3S/c1-10-7-14(23-4)15(8-11(10)2)24(21,22)19-16-12-9-17-6-5-13(12)18-20(16)3/h7-8,17,19H,5-6,9H2,1-4H3. The molecule has 0 aliphatic carbocycles. The fraction of sp³-hybridized carbons (Fsp3) is 0.438. The summed E-state index contributed by atoms with van der Waals surface area (Å²) in [6.45, 7) is 5.25. The van der Waals surface area contributed by atoms with Gasteiger partial charge in [-0.3, -0.25) is 9.40 Å². The maximum atomic E-state index is 12.9. The molecule has 0 atom stereocenters. The number of hydrogen-bond acceptors (Lipinski definition) is 5. The summed E-state index contributed by atoms with van der Waals surface area (Å²) in [6.07, 6.45) is 0.790. The smallest absolute Gasteiger partial charge is 0.266 e. The number of sulfonamides is 1. The van der Waals surface area contributed by atoms with E-state index in [1.54, 1.807) is 23.9 Å². The van der Waals surface area contributed by atoms with Crippen LogP contribution in [0.4, 0.5) is 5.82 Å². The highest BCUT2D eigenvalue weighted by atomic mass is 32.2. The summed E-state index contributed by atoms with van der Waals surface area (Å²) in [6, 6.07) is 3.38. The van der Waals surface area contributed by atoms with E-state index in [1.165, 1.54) is 7.11 Å². The van der Waals surface area contributed by atoms with Crippen LogP contribution < -0.4 is 14.8 Å². The summed E-state index contributed by atoms with van der Waals surface area (Å²) in [5, 5.41) is 7.67. The molecule has 3 rings (SSSR count). The highest BCUT2D eigenvalue weighted by Gasteiger charge is 2.26. The second kappa shape index (κ2) is 6.10. The molecule has 1 aromatic carbocycles. The van der Waals surface area contributed by atoms with Crippen molar-refractivity contribution in [1.29, 1.82) is 0 Å². The molecule has 0 bridgehead atoms. The number of anilines is 1. The third kappa shape index (κ3) is 2.87. The van der Waals surface area contributed by atoms with Crippen molar-refractivity contribution in [3.8, 4) is 5.75 Å². The molecule has 8 heteroatoms. The van der Waals surface area contributed by atoms with Crippen LogP contribution >= 0.6 is 0 Å². The predicted octanol–water partition coefficient (Wildman–Crippen LogP) is 1.49. The monoisotopic (exact) mass is 350 g/mol. The van der Waals surface area contributed by atoms with Crippen LogP contribution in [0.1, 0.15) is 22.4 Å². The van der Waals surface area contributed by atoms with Crippen LogP contribution in [0, 0.1) is 13.8 Å². The van der Waals surface area contributed by atoms with Crippen LogP contribution in [0.3, 0.4) is 0 Å². The van der Waals surface area contributed by atoms with Gasteiger partial charge in [-0.25, -0.2) is 8.42 Å². The van der Waals surface area contributed by atoms with Gasteiger partial charge in [-0.05, 0) is 37.1 Å². The lowest BCUT2D eigenvalue weighted by molar-refractivity contribution is 0.402. The largest absolute Gasteiger partial charge is 0.495 e. The minimum Gasteiger partial charge on any atom is -0.495 e. The summed E-state index contributed by atoms with van der Waals surface area (Å²) in [5.41, 5.74) is 3.70. The van der Waals surface area contributed by atoms with Gasteiger partial charge in [-0.1, -0.05) is 0 Å². The van der Waals surface area contributed by atoms with Gasteiger partial charge in [0.2, 0.25) is 0 Å². The van der Waals surface area contributed by atoms with Gasteiger partial charge < -0.3 is 10.1 Å². The summed E-state index contributed by atoms with van der Waals surface area (Å²) < 4.78 is 35.4. The Morgan fingerprint density at radius 1 is 1.29 bits per heavy atom. The fourth-order valence-electron chi connectivity index (χ4n) is 2.87. The Bertz CT molecular complexity index is 887. The number of aromatic nitrogens is 2. The summed E-state index contributed by atoms with van der Waals surface area (Å²) >= 11 is 0. The van der Waals surface area contributed by atoms with Gasteiger partial charge in [0.1, 0.15) is 16.5 Å². The van der Waals surface area contributed by atoms with Gasteiger partial charge in [0.05, 0.1) is 12.8 Å². The summed E-state index contributed by atoms with van der Waals surface area (Å²) in [4.78, 5) is 0.131. The molecule has 130 valence electrons. The van der Waals surface area contributed by atoms with Crippen molar-refractivity contribution < 1.29 is 13.2 Å². The lowest BCUT2D eigenvalue weighted by atomic mass is 10.1. The Labute approximate surface area is 142 Å². The van der Waals surface area contributed by atoms with E-state index in [0.29, 0.717) is 18.1 Å². The first-order valence-electron chi connectivity index (χ1n) is 7.77. The average Bonchev–Trinajstić information content (AvgIpc) is 2.85. The number of nitrogens with zero attached hydrogens (tertiary/aromatic N) is 2.